The molecule has 5 heteroatoms. The van der Waals surface area contributed by atoms with Gasteiger partial charge in [0, 0.05) is 38.7 Å². The maximum atomic E-state index is 11.2. The molecule has 0 aliphatic carbocycles. The number of pyridine rings is 1. The zero-order chi connectivity index (χ0) is 13.1. The van der Waals surface area contributed by atoms with Crippen LogP contribution in [0.1, 0.15) is 23.0 Å². The van der Waals surface area contributed by atoms with Gasteiger partial charge in [-0.1, -0.05) is 0 Å². The number of hydrogen-bond acceptors (Lipinski definition) is 4. The first-order valence-electron chi connectivity index (χ1n) is 6.05. The van der Waals surface area contributed by atoms with Crippen molar-refractivity contribution in [2.75, 3.05) is 31.1 Å². The minimum atomic E-state index is 0.120. The molecule has 0 spiro atoms. The summed E-state index contributed by atoms with van der Waals surface area (Å²) in [7, 11) is 0. The number of aromatic nitrogens is 1. The molecule has 0 N–H and O–H groups in total. The summed E-state index contributed by atoms with van der Waals surface area (Å²) in [6, 6.07) is 3.65. The van der Waals surface area contributed by atoms with Gasteiger partial charge in [0.25, 0.3) is 0 Å². The molecule has 1 saturated heterocycles. The van der Waals surface area contributed by atoms with E-state index in [9.17, 15) is 9.59 Å². The lowest BCUT2D eigenvalue weighted by Crippen LogP contribution is -2.48. The third kappa shape index (κ3) is 2.50. The van der Waals surface area contributed by atoms with Crippen LogP contribution in [-0.4, -0.2) is 48.3 Å². The molecule has 18 heavy (non-hydrogen) atoms. The minimum Gasteiger partial charge on any atom is -0.353 e. The topological polar surface area (TPSA) is 53.5 Å². The molecule has 0 atom stereocenters. The van der Waals surface area contributed by atoms with Crippen LogP contribution in [0, 0.1) is 6.92 Å². The molecule has 0 unspecified atom stereocenters. The number of piperazine rings is 1. The maximum Gasteiger partial charge on any atom is 0.219 e. The van der Waals surface area contributed by atoms with Gasteiger partial charge in [-0.2, -0.15) is 0 Å². The Morgan fingerprint density at radius 1 is 1.28 bits per heavy atom. The summed E-state index contributed by atoms with van der Waals surface area (Å²) in [5.41, 5.74) is 1.37. The van der Waals surface area contributed by atoms with E-state index in [-0.39, 0.29) is 5.91 Å². The maximum absolute atomic E-state index is 11.2. The predicted molar refractivity (Wildman–Crippen MR) is 68.8 cm³/mol. The first-order valence-corrected chi connectivity index (χ1v) is 6.05. The molecule has 2 rings (SSSR count). The summed E-state index contributed by atoms with van der Waals surface area (Å²) in [5.74, 6) is 0.997. The second-order valence-electron chi connectivity index (χ2n) is 4.46. The van der Waals surface area contributed by atoms with E-state index in [1.807, 2.05) is 17.9 Å². The number of aryl methyl sites for hydroxylation is 1. The second-order valence-corrected chi connectivity index (χ2v) is 4.46. The number of anilines is 1. The van der Waals surface area contributed by atoms with E-state index < -0.39 is 0 Å². The quantitative estimate of drug-likeness (QED) is 0.728. The van der Waals surface area contributed by atoms with Crippen LogP contribution in [-0.2, 0) is 4.79 Å². The molecule has 1 aromatic rings. The van der Waals surface area contributed by atoms with E-state index in [2.05, 4.69) is 9.88 Å². The van der Waals surface area contributed by atoms with Gasteiger partial charge in [-0.25, -0.2) is 4.98 Å². The number of aldehydes is 1. The third-order valence-electron chi connectivity index (χ3n) is 3.29. The second kappa shape index (κ2) is 5.16. The highest BCUT2D eigenvalue weighted by molar-refractivity contribution is 5.77. The average Bonchev–Trinajstić information content (AvgIpc) is 2.38. The van der Waals surface area contributed by atoms with Crippen molar-refractivity contribution < 1.29 is 9.59 Å². The van der Waals surface area contributed by atoms with E-state index in [4.69, 9.17) is 0 Å². The van der Waals surface area contributed by atoms with Crippen LogP contribution in [0.4, 0.5) is 5.82 Å². The molecule has 1 aliphatic rings. The highest BCUT2D eigenvalue weighted by Crippen LogP contribution is 2.16. The number of amides is 1. The molecular weight excluding hydrogens is 230 g/mol. The van der Waals surface area contributed by atoms with Crippen molar-refractivity contribution in [3.05, 3.63) is 23.4 Å². The Morgan fingerprint density at radius 2 is 1.94 bits per heavy atom. The monoisotopic (exact) mass is 247 g/mol. The number of carbonyl (C=O) groups is 2. The Morgan fingerprint density at radius 3 is 2.44 bits per heavy atom. The number of nitrogens with zero attached hydrogens (tertiary/aromatic N) is 3. The lowest BCUT2D eigenvalue weighted by Gasteiger charge is -2.35. The zero-order valence-electron chi connectivity index (χ0n) is 10.7. The summed E-state index contributed by atoms with van der Waals surface area (Å²) in [6.45, 7) is 6.45. The largest absolute Gasteiger partial charge is 0.353 e. The Hall–Kier alpha value is -1.91. The highest BCUT2D eigenvalue weighted by atomic mass is 16.2. The molecule has 1 fully saturated rings. The fourth-order valence-electron chi connectivity index (χ4n) is 2.11. The SMILES string of the molecule is CC(=O)N1CCN(c2ccc(C=O)c(C)n2)CC1. The first-order chi connectivity index (χ1) is 8.61. The number of hydrogen-bond donors (Lipinski definition) is 0. The molecule has 5 nitrogen and oxygen atoms in total. The van der Waals surface area contributed by atoms with Crippen molar-refractivity contribution in [2.24, 2.45) is 0 Å². The van der Waals surface area contributed by atoms with E-state index in [1.165, 1.54) is 0 Å². The van der Waals surface area contributed by atoms with Crippen molar-refractivity contribution in [3.8, 4) is 0 Å². The van der Waals surface area contributed by atoms with Gasteiger partial charge in [-0.15, -0.1) is 0 Å². The van der Waals surface area contributed by atoms with Gasteiger partial charge in [0.1, 0.15) is 5.82 Å². The molecule has 1 amide bonds. The molecule has 96 valence electrons. The first kappa shape index (κ1) is 12.5. The smallest absolute Gasteiger partial charge is 0.219 e. The molecule has 0 radical (unpaired) electrons. The van der Waals surface area contributed by atoms with Crippen LogP contribution < -0.4 is 4.90 Å². The van der Waals surface area contributed by atoms with E-state index in [0.717, 1.165) is 44.0 Å². The van der Waals surface area contributed by atoms with Crippen LogP contribution in [0.5, 0.6) is 0 Å². The number of carbonyl (C=O) groups excluding carboxylic acids is 2. The lowest BCUT2D eigenvalue weighted by molar-refractivity contribution is -0.129. The lowest BCUT2D eigenvalue weighted by atomic mass is 10.2. The molecule has 0 aromatic carbocycles. The van der Waals surface area contributed by atoms with Gasteiger partial charge in [0.2, 0.25) is 5.91 Å². The molecule has 1 aromatic heterocycles. The van der Waals surface area contributed by atoms with Gasteiger partial charge in [0.05, 0.1) is 5.69 Å². The molecule has 0 saturated carbocycles. The van der Waals surface area contributed by atoms with Gasteiger partial charge < -0.3 is 9.80 Å². The van der Waals surface area contributed by atoms with Crippen LogP contribution >= 0.6 is 0 Å². The molecular formula is C13H17N3O2. The standard InChI is InChI=1S/C13H17N3O2/c1-10-12(9-17)3-4-13(14-10)16-7-5-15(6-8-16)11(2)18/h3-4,9H,5-8H2,1-2H3. The van der Waals surface area contributed by atoms with E-state index in [0.29, 0.717) is 5.56 Å². The number of rotatable bonds is 2. The van der Waals surface area contributed by atoms with Gasteiger partial charge in [-0.3, -0.25) is 9.59 Å². The summed E-state index contributed by atoms with van der Waals surface area (Å²) in [4.78, 5) is 30.4. The highest BCUT2D eigenvalue weighted by Gasteiger charge is 2.19. The minimum absolute atomic E-state index is 0.120. The summed E-state index contributed by atoms with van der Waals surface area (Å²) in [6.07, 6.45) is 0.819. The predicted octanol–water partition coefficient (Wildman–Crippen LogP) is 0.871. The van der Waals surface area contributed by atoms with Crippen molar-refractivity contribution in [2.45, 2.75) is 13.8 Å². The van der Waals surface area contributed by atoms with Crippen molar-refractivity contribution in [1.82, 2.24) is 9.88 Å². The van der Waals surface area contributed by atoms with Gasteiger partial charge in [-0.05, 0) is 19.1 Å². The van der Waals surface area contributed by atoms with Crippen LogP contribution in [0.3, 0.4) is 0 Å². The van der Waals surface area contributed by atoms with Gasteiger partial charge in [0.15, 0.2) is 6.29 Å². The Bertz CT molecular complexity index is 465. The third-order valence-corrected chi connectivity index (χ3v) is 3.29. The zero-order valence-corrected chi connectivity index (χ0v) is 10.7. The van der Waals surface area contributed by atoms with Crippen LogP contribution in [0.15, 0.2) is 12.1 Å². The molecule has 2 heterocycles. The fraction of sp³-hybridized carbons (Fsp3) is 0.462. The molecule has 0 bridgehead atoms. The van der Waals surface area contributed by atoms with Crippen molar-refractivity contribution in [1.29, 1.82) is 0 Å². The Labute approximate surface area is 106 Å². The average molecular weight is 247 g/mol. The summed E-state index contributed by atoms with van der Waals surface area (Å²) in [5, 5.41) is 0. The van der Waals surface area contributed by atoms with E-state index >= 15 is 0 Å². The Balaban J connectivity index is 2.08. The van der Waals surface area contributed by atoms with E-state index in [1.54, 1.807) is 13.0 Å². The normalized spacial score (nSPS) is 15.7. The van der Waals surface area contributed by atoms with Gasteiger partial charge >= 0.3 is 0 Å². The molecule has 1 aliphatic heterocycles. The summed E-state index contributed by atoms with van der Waals surface area (Å²) >= 11 is 0. The van der Waals surface area contributed by atoms with Crippen LogP contribution in [0.25, 0.3) is 0 Å². The Kier molecular flexibility index (Phi) is 3.60. The summed E-state index contributed by atoms with van der Waals surface area (Å²) < 4.78 is 0. The fourth-order valence-corrected chi connectivity index (χ4v) is 2.11. The van der Waals surface area contributed by atoms with Crippen molar-refractivity contribution in [3.63, 3.8) is 0 Å². The van der Waals surface area contributed by atoms with Crippen LogP contribution in [0.2, 0.25) is 0 Å². The van der Waals surface area contributed by atoms with Crippen molar-refractivity contribution >= 4 is 18.0 Å².